The molecule has 0 fully saturated rings. The molecule has 0 amide bonds. The molecule has 0 aromatic heterocycles. The van der Waals surface area contributed by atoms with Crippen LogP contribution in [0.15, 0.2) is 42.7 Å². The lowest BCUT2D eigenvalue weighted by molar-refractivity contribution is 0.125. The SMILES string of the molecule is CCCCCCCCCCCCCN1C=CN(C(C)C)C1Cc1ccccc1. The molecular formula is C26H44N2. The minimum Gasteiger partial charge on any atom is -0.356 e. The summed E-state index contributed by atoms with van der Waals surface area (Å²) in [5, 5.41) is 0. The molecule has 0 bridgehead atoms. The van der Waals surface area contributed by atoms with Crippen LogP contribution in [-0.2, 0) is 6.42 Å². The summed E-state index contributed by atoms with van der Waals surface area (Å²) in [5.41, 5.74) is 1.44. The Balaban J connectivity index is 1.62. The van der Waals surface area contributed by atoms with Gasteiger partial charge in [0, 0.05) is 31.4 Å². The van der Waals surface area contributed by atoms with Crippen molar-refractivity contribution in [3.05, 3.63) is 48.3 Å². The number of nitrogens with zero attached hydrogens (tertiary/aromatic N) is 2. The normalized spacial score (nSPS) is 16.5. The van der Waals surface area contributed by atoms with E-state index in [0.29, 0.717) is 12.2 Å². The molecule has 28 heavy (non-hydrogen) atoms. The molecule has 1 aliphatic heterocycles. The van der Waals surface area contributed by atoms with Crippen LogP contribution in [0.3, 0.4) is 0 Å². The van der Waals surface area contributed by atoms with Crippen LogP contribution in [0.1, 0.15) is 97.0 Å². The molecule has 1 aromatic carbocycles. The maximum absolute atomic E-state index is 2.57. The Kier molecular flexibility index (Phi) is 11.2. The van der Waals surface area contributed by atoms with Crippen molar-refractivity contribution < 1.29 is 0 Å². The molecule has 0 radical (unpaired) electrons. The van der Waals surface area contributed by atoms with E-state index in [-0.39, 0.29) is 0 Å². The van der Waals surface area contributed by atoms with Gasteiger partial charge in [-0.15, -0.1) is 0 Å². The highest BCUT2D eigenvalue weighted by molar-refractivity contribution is 5.17. The molecule has 0 N–H and O–H groups in total. The lowest BCUT2D eigenvalue weighted by Crippen LogP contribution is -2.43. The average Bonchev–Trinajstić information content (AvgIpc) is 3.09. The minimum absolute atomic E-state index is 0.477. The fourth-order valence-corrected chi connectivity index (χ4v) is 4.28. The van der Waals surface area contributed by atoms with E-state index in [1.54, 1.807) is 0 Å². The van der Waals surface area contributed by atoms with Crippen LogP contribution < -0.4 is 0 Å². The van der Waals surface area contributed by atoms with Gasteiger partial charge in [0.25, 0.3) is 0 Å². The average molecular weight is 385 g/mol. The predicted octanol–water partition coefficient (Wildman–Crippen LogP) is 7.36. The predicted molar refractivity (Wildman–Crippen MR) is 123 cm³/mol. The summed E-state index contributed by atoms with van der Waals surface area (Å²) in [5.74, 6) is 0. The number of hydrogen-bond donors (Lipinski definition) is 0. The van der Waals surface area contributed by atoms with Crippen LogP contribution in [0.5, 0.6) is 0 Å². The highest BCUT2D eigenvalue weighted by atomic mass is 15.4. The molecule has 1 heterocycles. The summed E-state index contributed by atoms with van der Waals surface area (Å²) in [6.07, 6.45) is 21.7. The number of hydrogen-bond acceptors (Lipinski definition) is 2. The molecule has 2 heteroatoms. The highest BCUT2D eigenvalue weighted by Crippen LogP contribution is 2.23. The number of rotatable bonds is 15. The van der Waals surface area contributed by atoms with Gasteiger partial charge in [-0.1, -0.05) is 101 Å². The van der Waals surface area contributed by atoms with Crippen molar-refractivity contribution in [2.45, 2.75) is 110 Å². The summed E-state index contributed by atoms with van der Waals surface area (Å²) >= 11 is 0. The van der Waals surface area contributed by atoms with Crippen LogP contribution in [0, 0.1) is 0 Å². The molecule has 0 saturated heterocycles. The Hall–Kier alpha value is -1.44. The zero-order chi connectivity index (χ0) is 20.0. The summed E-state index contributed by atoms with van der Waals surface area (Å²) in [6, 6.07) is 11.5. The Labute approximate surface area is 175 Å². The van der Waals surface area contributed by atoms with Gasteiger partial charge in [-0.3, -0.25) is 0 Å². The molecule has 2 rings (SSSR count). The third-order valence-corrected chi connectivity index (χ3v) is 6.03. The van der Waals surface area contributed by atoms with E-state index in [2.05, 4.69) is 73.3 Å². The second kappa shape index (κ2) is 13.7. The molecule has 1 unspecified atom stereocenters. The van der Waals surface area contributed by atoms with Crippen LogP contribution in [0.2, 0.25) is 0 Å². The number of unbranched alkanes of at least 4 members (excludes halogenated alkanes) is 10. The quantitative estimate of drug-likeness (QED) is 0.291. The topological polar surface area (TPSA) is 6.48 Å². The van der Waals surface area contributed by atoms with Gasteiger partial charge in [-0.2, -0.15) is 0 Å². The van der Waals surface area contributed by atoms with Gasteiger partial charge >= 0.3 is 0 Å². The van der Waals surface area contributed by atoms with Gasteiger partial charge in [0.2, 0.25) is 0 Å². The number of benzene rings is 1. The molecular weight excluding hydrogens is 340 g/mol. The van der Waals surface area contributed by atoms with E-state index in [9.17, 15) is 0 Å². The largest absolute Gasteiger partial charge is 0.356 e. The Morgan fingerprint density at radius 2 is 1.32 bits per heavy atom. The second-order valence-electron chi connectivity index (χ2n) is 8.78. The first-order valence-corrected chi connectivity index (χ1v) is 12.0. The molecule has 1 aromatic rings. The Morgan fingerprint density at radius 3 is 1.89 bits per heavy atom. The molecule has 0 spiro atoms. The second-order valence-corrected chi connectivity index (χ2v) is 8.78. The lowest BCUT2D eigenvalue weighted by atomic mass is 10.1. The van der Waals surface area contributed by atoms with Crippen LogP contribution in [0.4, 0.5) is 0 Å². The van der Waals surface area contributed by atoms with Crippen molar-refractivity contribution in [3.63, 3.8) is 0 Å². The van der Waals surface area contributed by atoms with Gasteiger partial charge in [-0.25, -0.2) is 0 Å². The van der Waals surface area contributed by atoms with Gasteiger partial charge in [0.15, 0.2) is 0 Å². The molecule has 0 saturated carbocycles. The summed E-state index contributed by atoms with van der Waals surface area (Å²) in [4.78, 5) is 5.09. The molecule has 1 atom stereocenters. The smallest absolute Gasteiger partial charge is 0.105 e. The molecule has 1 aliphatic rings. The van der Waals surface area contributed by atoms with Crippen molar-refractivity contribution in [2.75, 3.05) is 6.54 Å². The summed E-state index contributed by atoms with van der Waals surface area (Å²) in [6.45, 7) is 8.08. The first-order chi connectivity index (χ1) is 13.7. The minimum atomic E-state index is 0.477. The van der Waals surface area contributed by atoms with Crippen LogP contribution >= 0.6 is 0 Å². The fraction of sp³-hybridized carbons (Fsp3) is 0.692. The molecule has 2 nitrogen and oxygen atoms in total. The lowest BCUT2D eigenvalue weighted by Gasteiger charge is -2.35. The Bertz CT molecular complexity index is 522. The third kappa shape index (κ3) is 8.29. The van der Waals surface area contributed by atoms with E-state index < -0.39 is 0 Å². The summed E-state index contributed by atoms with van der Waals surface area (Å²) in [7, 11) is 0. The highest BCUT2D eigenvalue weighted by Gasteiger charge is 2.27. The van der Waals surface area contributed by atoms with Crippen LogP contribution in [-0.4, -0.2) is 28.6 Å². The third-order valence-electron chi connectivity index (χ3n) is 6.03. The van der Waals surface area contributed by atoms with E-state index in [0.717, 1.165) is 6.42 Å². The first kappa shape index (κ1) is 22.8. The van der Waals surface area contributed by atoms with E-state index in [1.807, 2.05) is 0 Å². The van der Waals surface area contributed by atoms with Gasteiger partial charge in [0.05, 0.1) is 0 Å². The van der Waals surface area contributed by atoms with Crippen molar-refractivity contribution in [1.29, 1.82) is 0 Å². The van der Waals surface area contributed by atoms with E-state index in [4.69, 9.17) is 0 Å². The van der Waals surface area contributed by atoms with E-state index >= 15 is 0 Å². The maximum atomic E-state index is 2.57. The molecule has 0 aliphatic carbocycles. The van der Waals surface area contributed by atoms with Gasteiger partial charge in [0.1, 0.15) is 6.17 Å². The zero-order valence-corrected chi connectivity index (χ0v) is 18.8. The van der Waals surface area contributed by atoms with Crippen molar-refractivity contribution >= 4 is 0 Å². The monoisotopic (exact) mass is 384 g/mol. The van der Waals surface area contributed by atoms with Crippen LogP contribution in [0.25, 0.3) is 0 Å². The standard InChI is InChI=1S/C26H44N2/c1-4-5-6-7-8-9-10-11-12-13-17-20-27-21-22-28(24(2)3)26(27)23-25-18-15-14-16-19-25/h14-16,18-19,21-22,24,26H,4-13,17,20,23H2,1-3H3. The Morgan fingerprint density at radius 1 is 0.750 bits per heavy atom. The van der Waals surface area contributed by atoms with Crippen molar-refractivity contribution in [2.24, 2.45) is 0 Å². The van der Waals surface area contributed by atoms with Crippen molar-refractivity contribution in [3.8, 4) is 0 Å². The zero-order valence-electron chi connectivity index (χ0n) is 18.8. The van der Waals surface area contributed by atoms with Gasteiger partial charge < -0.3 is 9.80 Å². The first-order valence-electron chi connectivity index (χ1n) is 12.0. The van der Waals surface area contributed by atoms with E-state index in [1.165, 1.54) is 82.7 Å². The van der Waals surface area contributed by atoms with Crippen molar-refractivity contribution in [1.82, 2.24) is 9.80 Å². The fourth-order valence-electron chi connectivity index (χ4n) is 4.28. The molecule has 158 valence electrons. The maximum Gasteiger partial charge on any atom is 0.105 e. The van der Waals surface area contributed by atoms with Gasteiger partial charge in [-0.05, 0) is 25.8 Å². The summed E-state index contributed by atoms with van der Waals surface area (Å²) < 4.78 is 0.